The van der Waals surface area contributed by atoms with Gasteiger partial charge in [0.2, 0.25) is 0 Å². The van der Waals surface area contributed by atoms with E-state index in [4.69, 9.17) is 0 Å². The van der Waals surface area contributed by atoms with Crippen LogP contribution in [-0.2, 0) is 12.6 Å². The van der Waals surface area contributed by atoms with Crippen molar-refractivity contribution in [3.8, 4) is 0 Å². The first-order valence-electron chi connectivity index (χ1n) is 3.75. The molecule has 0 spiro atoms. The molecule has 0 fully saturated rings. The summed E-state index contributed by atoms with van der Waals surface area (Å²) in [6.45, 7) is 4.21. The summed E-state index contributed by atoms with van der Waals surface area (Å²) < 4.78 is 1.81. The molecule has 0 saturated heterocycles. The van der Waals surface area contributed by atoms with E-state index in [1.165, 1.54) is 0 Å². The maximum absolute atomic E-state index is 4.31. The number of hydrogen-bond acceptors (Lipinski definition) is 2. The number of aryl methyl sites for hydroxylation is 1. The second-order valence-electron chi connectivity index (χ2n) is 3.25. The van der Waals surface area contributed by atoms with E-state index in [0.29, 0.717) is 0 Å². The Morgan fingerprint density at radius 1 is 1.55 bits per heavy atom. The lowest BCUT2D eigenvalue weighted by atomic mass is 10.0. The predicted molar refractivity (Wildman–Crippen MR) is 45.3 cm³/mol. The van der Waals surface area contributed by atoms with Crippen molar-refractivity contribution in [1.29, 1.82) is 0 Å². The van der Waals surface area contributed by atoms with E-state index < -0.39 is 0 Å². The summed E-state index contributed by atoms with van der Waals surface area (Å²) in [5.41, 5.74) is 1.05. The van der Waals surface area contributed by atoms with Crippen LogP contribution >= 0.6 is 0 Å². The molecule has 0 aliphatic rings. The molecular weight excluding hydrogens is 138 g/mol. The second-order valence-corrected chi connectivity index (χ2v) is 3.25. The third kappa shape index (κ3) is 1.60. The zero-order chi connectivity index (χ0) is 8.48. The number of aromatic nitrogens is 2. The van der Waals surface area contributed by atoms with Crippen molar-refractivity contribution < 1.29 is 0 Å². The fourth-order valence-corrected chi connectivity index (χ4v) is 0.876. The van der Waals surface area contributed by atoms with Gasteiger partial charge in [-0.3, -0.25) is 4.68 Å². The van der Waals surface area contributed by atoms with Gasteiger partial charge in [0.25, 0.3) is 0 Å². The molecule has 1 N–H and O–H groups in total. The van der Waals surface area contributed by atoms with Gasteiger partial charge in [-0.2, -0.15) is 5.10 Å². The third-order valence-electron chi connectivity index (χ3n) is 1.98. The molecular formula is C8H15N3. The topological polar surface area (TPSA) is 29.9 Å². The highest BCUT2D eigenvalue weighted by Crippen LogP contribution is 2.15. The molecule has 0 atom stereocenters. The smallest absolute Gasteiger partial charge is 0.0819 e. The quantitative estimate of drug-likeness (QED) is 0.683. The van der Waals surface area contributed by atoms with Gasteiger partial charge in [-0.05, 0) is 27.0 Å². The highest BCUT2D eigenvalue weighted by atomic mass is 15.3. The molecule has 1 aromatic rings. The summed E-state index contributed by atoms with van der Waals surface area (Å²) >= 11 is 0. The lowest BCUT2D eigenvalue weighted by molar-refractivity contribution is 0.426. The molecule has 1 aromatic heterocycles. The SMILES string of the molecule is CNC(C)(C)c1ccn(C)n1. The van der Waals surface area contributed by atoms with Crippen molar-refractivity contribution >= 4 is 0 Å². The molecule has 1 rings (SSSR count). The maximum atomic E-state index is 4.31. The molecule has 1 heterocycles. The first kappa shape index (κ1) is 8.27. The zero-order valence-corrected chi connectivity index (χ0v) is 7.55. The van der Waals surface area contributed by atoms with Gasteiger partial charge in [-0.1, -0.05) is 0 Å². The Bertz CT molecular complexity index is 237. The molecule has 0 aliphatic heterocycles. The number of rotatable bonds is 2. The van der Waals surface area contributed by atoms with Crippen LogP contribution in [0.15, 0.2) is 12.3 Å². The summed E-state index contributed by atoms with van der Waals surface area (Å²) in [4.78, 5) is 0. The first-order valence-corrected chi connectivity index (χ1v) is 3.75. The Morgan fingerprint density at radius 2 is 2.18 bits per heavy atom. The van der Waals surface area contributed by atoms with Gasteiger partial charge in [-0.15, -0.1) is 0 Å². The predicted octanol–water partition coefficient (Wildman–Crippen LogP) is 0.875. The van der Waals surface area contributed by atoms with Crippen molar-refractivity contribution in [3.05, 3.63) is 18.0 Å². The fraction of sp³-hybridized carbons (Fsp3) is 0.625. The van der Waals surface area contributed by atoms with Gasteiger partial charge >= 0.3 is 0 Å². The minimum absolute atomic E-state index is 0.0265. The van der Waals surface area contributed by atoms with Gasteiger partial charge in [0.05, 0.1) is 11.2 Å². The molecule has 0 radical (unpaired) electrons. The summed E-state index contributed by atoms with van der Waals surface area (Å²) in [6.07, 6.45) is 1.95. The van der Waals surface area contributed by atoms with Crippen LogP contribution in [0.3, 0.4) is 0 Å². The Kier molecular flexibility index (Phi) is 2.00. The van der Waals surface area contributed by atoms with Crippen molar-refractivity contribution in [2.75, 3.05) is 7.05 Å². The van der Waals surface area contributed by atoms with Crippen LogP contribution in [0.4, 0.5) is 0 Å². The van der Waals surface area contributed by atoms with Crippen LogP contribution in [-0.4, -0.2) is 16.8 Å². The van der Waals surface area contributed by atoms with Crippen molar-refractivity contribution in [1.82, 2.24) is 15.1 Å². The molecule has 3 nitrogen and oxygen atoms in total. The highest BCUT2D eigenvalue weighted by Gasteiger charge is 2.19. The minimum atomic E-state index is -0.0265. The standard InChI is InChI=1S/C8H15N3/c1-8(2,9-3)7-5-6-11(4)10-7/h5-6,9H,1-4H3. The maximum Gasteiger partial charge on any atom is 0.0819 e. The molecule has 0 aromatic carbocycles. The van der Waals surface area contributed by atoms with Crippen LogP contribution < -0.4 is 5.32 Å². The fourth-order valence-electron chi connectivity index (χ4n) is 0.876. The number of nitrogens with zero attached hydrogens (tertiary/aromatic N) is 2. The van der Waals surface area contributed by atoms with E-state index in [2.05, 4.69) is 24.3 Å². The molecule has 3 heteroatoms. The van der Waals surface area contributed by atoms with E-state index in [-0.39, 0.29) is 5.54 Å². The Balaban J connectivity index is 2.92. The summed E-state index contributed by atoms with van der Waals surface area (Å²) in [5.74, 6) is 0. The van der Waals surface area contributed by atoms with E-state index in [1.807, 2.05) is 31.0 Å². The van der Waals surface area contributed by atoms with Gasteiger partial charge < -0.3 is 5.32 Å². The van der Waals surface area contributed by atoms with Crippen LogP contribution in [0.1, 0.15) is 19.5 Å². The van der Waals surface area contributed by atoms with Crippen molar-refractivity contribution in [2.45, 2.75) is 19.4 Å². The highest BCUT2D eigenvalue weighted by molar-refractivity contribution is 5.10. The van der Waals surface area contributed by atoms with E-state index >= 15 is 0 Å². The molecule has 0 unspecified atom stereocenters. The molecule has 62 valence electrons. The largest absolute Gasteiger partial charge is 0.310 e. The first-order chi connectivity index (χ1) is 5.06. The zero-order valence-electron chi connectivity index (χ0n) is 7.55. The van der Waals surface area contributed by atoms with Crippen molar-refractivity contribution in [2.24, 2.45) is 7.05 Å². The normalized spacial score (nSPS) is 12.0. The summed E-state index contributed by atoms with van der Waals surface area (Å²) in [7, 11) is 3.86. The monoisotopic (exact) mass is 153 g/mol. The lowest BCUT2D eigenvalue weighted by Crippen LogP contribution is -2.33. The Hall–Kier alpha value is -0.830. The molecule has 0 amide bonds. The molecule has 11 heavy (non-hydrogen) atoms. The third-order valence-corrected chi connectivity index (χ3v) is 1.98. The van der Waals surface area contributed by atoms with Crippen LogP contribution in [0.2, 0.25) is 0 Å². The van der Waals surface area contributed by atoms with Gasteiger partial charge in [-0.25, -0.2) is 0 Å². The van der Waals surface area contributed by atoms with Crippen molar-refractivity contribution in [3.63, 3.8) is 0 Å². The van der Waals surface area contributed by atoms with Crippen LogP contribution in [0, 0.1) is 0 Å². The second kappa shape index (κ2) is 2.66. The average molecular weight is 153 g/mol. The molecule has 0 aliphatic carbocycles. The number of nitrogens with one attached hydrogen (secondary N) is 1. The summed E-state index contributed by atoms with van der Waals surface area (Å²) in [6, 6.07) is 2.02. The van der Waals surface area contributed by atoms with Crippen LogP contribution in [0.25, 0.3) is 0 Å². The Morgan fingerprint density at radius 3 is 2.55 bits per heavy atom. The van der Waals surface area contributed by atoms with Crippen LogP contribution in [0.5, 0.6) is 0 Å². The minimum Gasteiger partial charge on any atom is -0.310 e. The molecule has 0 saturated carbocycles. The van der Waals surface area contributed by atoms with E-state index in [0.717, 1.165) is 5.69 Å². The average Bonchev–Trinajstić information content (AvgIpc) is 2.36. The summed E-state index contributed by atoms with van der Waals surface area (Å²) in [5, 5.41) is 7.50. The van der Waals surface area contributed by atoms with E-state index in [1.54, 1.807) is 0 Å². The van der Waals surface area contributed by atoms with Gasteiger partial charge in [0.15, 0.2) is 0 Å². The van der Waals surface area contributed by atoms with Gasteiger partial charge in [0.1, 0.15) is 0 Å². The van der Waals surface area contributed by atoms with E-state index in [9.17, 15) is 0 Å². The number of hydrogen-bond donors (Lipinski definition) is 1. The van der Waals surface area contributed by atoms with Gasteiger partial charge in [0, 0.05) is 13.2 Å². The lowest BCUT2D eigenvalue weighted by Gasteiger charge is -2.20. The molecule has 0 bridgehead atoms. The Labute approximate surface area is 67.4 Å².